The highest BCUT2D eigenvalue weighted by atomic mass is 79.9. The minimum absolute atomic E-state index is 0.235. The molecule has 0 atom stereocenters. The number of hydrogen-bond acceptors (Lipinski definition) is 3. The van der Waals surface area contributed by atoms with Crippen LogP contribution < -0.4 is 5.32 Å². The van der Waals surface area contributed by atoms with Crippen molar-refractivity contribution in [2.24, 2.45) is 0 Å². The second-order valence-corrected chi connectivity index (χ2v) is 5.02. The molecular formula is C11H10BrClN2O5. The summed E-state index contributed by atoms with van der Waals surface area (Å²) in [6.45, 7) is -1.46. The van der Waals surface area contributed by atoms with Crippen LogP contribution in [0.25, 0.3) is 0 Å². The maximum atomic E-state index is 11.8. The minimum atomic E-state index is -1.32. The van der Waals surface area contributed by atoms with Crippen molar-refractivity contribution < 1.29 is 24.6 Å². The highest BCUT2D eigenvalue weighted by Gasteiger charge is 2.20. The SMILES string of the molecule is O=C(O)CN(CC(=O)O)C(=O)Nc1ccc(Br)cc1Cl. The molecule has 20 heavy (non-hydrogen) atoms. The van der Waals surface area contributed by atoms with Crippen LogP contribution in [0.2, 0.25) is 5.02 Å². The molecule has 0 aliphatic heterocycles. The number of nitrogens with one attached hydrogen (secondary N) is 1. The monoisotopic (exact) mass is 364 g/mol. The molecule has 0 spiro atoms. The summed E-state index contributed by atoms with van der Waals surface area (Å²) in [5, 5.41) is 19.9. The Hall–Kier alpha value is -1.80. The Labute approximate surface area is 127 Å². The first-order chi connectivity index (χ1) is 9.29. The number of anilines is 1. The highest BCUT2D eigenvalue weighted by molar-refractivity contribution is 9.10. The van der Waals surface area contributed by atoms with Crippen molar-refractivity contribution in [1.29, 1.82) is 0 Å². The zero-order chi connectivity index (χ0) is 15.3. The molecule has 1 aromatic rings. The third-order valence-electron chi connectivity index (χ3n) is 2.11. The predicted octanol–water partition coefficient (Wildman–Crippen LogP) is 2.11. The summed E-state index contributed by atoms with van der Waals surface area (Å²) in [5.74, 6) is -2.63. The molecule has 1 aromatic carbocycles. The van der Waals surface area contributed by atoms with Crippen molar-refractivity contribution in [2.75, 3.05) is 18.4 Å². The first-order valence-corrected chi connectivity index (χ1v) is 6.41. The first kappa shape index (κ1) is 16.3. The molecule has 0 unspecified atom stereocenters. The number of aliphatic carboxylic acids is 2. The van der Waals surface area contributed by atoms with Gasteiger partial charge in [0.15, 0.2) is 0 Å². The molecule has 0 radical (unpaired) electrons. The average Bonchev–Trinajstić information content (AvgIpc) is 2.30. The van der Waals surface area contributed by atoms with E-state index in [0.29, 0.717) is 9.37 Å². The normalized spacial score (nSPS) is 9.90. The maximum absolute atomic E-state index is 11.8. The number of halogens is 2. The molecule has 0 fully saturated rings. The van der Waals surface area contributed by atoms with E-state index in [9.17, 15) is 14.4 Å². The molecule has 0 saturated heterocycles. The van der Waals surface area contributed by atoms with Gasteiger partial charge in [0.1, 0.15) is 13.1 Å². The second-order valence-electron chi connectivity index (χ2n) is 3.70. The lowest BCUT2D eigenvalue weighted by atomic mass is 10.3. The number of carboxylic acids is 2. The van der Waals surface area contributed by atoms with E-state index >= 15 is 0 Å². The lowest BCUT2D eigenvalue weighted by Gasteiger charge is -2.19. The fourth-order valence-corrected chi connectivity index (χ4v) is 2.03. The molecule has 0 saturated carbocycles. The molecule has 0 heterocycles. The number of carboxylic acid groups (broad SMARTS) is 2. The first-order valence-electron chi connectivity index (χ1n) is 5.24. The molecule has 3 N–H and O–H groups in total. The fraction of sp³-hybridized carbons (Fsp3) is 0.182. The van der Waals surface area contributed by atoms with Crippen LogP contribution in [0.1, 0.15) is 0 Å². The molecule has 0 aliphatic rings. The summed E-state index contributed by atoms with van der Waals surface area (Å²) in [4.78, 5) is 33.7. The van der Waals surface area contributed by atoms with Gasteiger partial charge in [-0.05, 0) is 18.2 Å². The smallest absolute Gasteiger partial charge is 0.323 e. The number of urea groups is 1. The van der Waals surface area contributed by atoms with Crippen LogP contribution in [0.3, 0.4) is 0 Å². The Morgan fingerprint density at radius 1 is 1.20 bits per heavy atom. The number of carbonyl (C=O) groups excluding carboxylic acids is 1. The fourth-order valence-electron chi connectivity index (χ4n) is 1.31. The number of carbonyl (C=O) groups is 3. The zero-order valence-electron chi connectivity index (χ0n) is 9.97. The lowest BCUT2D eigenvalue weighted by molar-refractivity contribution is -0.140. The Balaban J connectivity index is 2.84. The zero-order valence-corrected chi connectivity index (χ0v) is 12.3. The molecule has 9 heteroatoms. The van der Waals surface area contributed by atoms with E-state index in [1.165, 1.54) is 12.1 Å². The van der Waals surface area contributed by atoms with Crippen molar-refractivity contribution in [2.45, 2.75) is 0 Å². The molecule has 108 valence electrons. The number of amides is 2. The van der Waals surface area contributed by atoms with E-state index < -0.39 is 31.1 Å². The van der Waals surface area contributed by atoms with Gasteiger partial charge in [0.25, 0.3) is 0 Å². The minimum Gasteiger partial charge on any atom is -0.480 e. The largest absolute Gasteiger partial charge is 0.480 e. The van der Waals surface area contributed by atoms with E-state index in [0.717, 1.165) is 0 Å². The van der Waals surface area contributed by atoms with Gasteiger partial charge in [0, 0.05) is 4.47 Å². The molecular weight excluding hydrogens is 355 g/mol. The summed E-state index contributed by atoms with van der Waals surface area (Å²) >= 11 is 9.09. The van der Waals surface area contributed by atoms with Crippen molar-refractivity contribution in [3.8, 4) is 0 Å². The van der Waals surface area contributed by atoms with Gasteiger partial charge >= 0.3 is 18.0 Å². The van der Waals surface area contributed by atoms with Crippen LogP contribution >= 0.6 is 27.5 Å². The summed E-state index contributed by atoms with van der Waals surface area (Å²) in [6, 6.07) is 3.80. The van der Waals surface area contributed by atoms with E-state index in [-0.39, 0.29) is 10.7 Å². The van der Waals surface area contributed by atoms with Gasteiger partial charge in [-0.25, -0.2) is 4.79 Å². The van der Waals surface area contributed by atoms with E-state index in [4.69, 9.17) is 21.8 Å². The van der Waals surface area contributed by atoms with Crippen LogP contribution in [0.5, 0.6) is 0 Å². The number of hydrogen-bond donors (Lipinski definition) is 3. The molecule has 0 aromatic heterocycles. The maximum Gasteiger partial charge on any atom is 0.323 e. The average molecular weight is 366 g/mol. The van der Waals surface area contributed by atoms with Gasteiger partial charge < -0.3 is 20.4 Å². The molecule has 0 bridgehead atoms. The van der Waals surface area contributed by atoms with Crippen LogP contribution in [-0.2, 0) is 9.59 Å². The summed E-state index contributed by atoms with van der Waals surface area (Å²) < 4.78 is 0.702. The molecule has 0 aliphatic carbocycles. The molecule has 2 amide bonds. The molecule has 7 nitrogen and oxygen atoms in total. The van der Waals surface area contributed by atoms with Crippen LogP contribution in [0, 0.1) is 0 Å². The Morgan fingerprint density at radius 3 is 2.20 bits per heavy atom. The van der Waals surface area contributed by atoms with Crippen LogP contribution in [-0.4, -0.2) is 46.2 Å². The van der Waals surface area contributed by atoms with E-state index in [2.05, 4.69) is 21.2 Å². The van der Waals surface area contributed by atoms with E-state index in [1.807, 2.05) is 0 Å². The topological polar surface area (TPSA) is 107 Å². The van der Waals surface area contributed by atoms with Gasteiger partial charge in [0.2, 0.25) is 0 Å². The second kappa shape index (κ2) is 7.11. The lowest BCUT2D eigenvalue weighted by Crippen LogP contribution is -2.41. The van der Waals surface area contributed by atoms with Crippen LogP contribution in [0.15, 0.2) is 22.7 Å². The standard InChI is InChI=1S/C11H10BrClN2O5/c12-6-1-2-8(7(13)3-6)14-11(20)15(4-9(16)17)5-10(18)19/h1-3H,4-5H2,(H,14,20)(H,16,17)(H,18,19). The van der Waals surface area contributed by atoms with Crippen molar-refractivity contribution >= 4 is 51.2 Å². The Kier molecular flexibility index (Phi) is 5.78. The predicted molar refractivity (Wildman–Crippen MR) is 75.0 cm³/mol. The van der Waals surface area contributed by atoms with E-state index in [1.54, 1.807) is 6.07 Å². The van der Waals surface area contributed by atoms with Gasteiger partial charge in [-0.15, -0.1) is 0 Å². The van der Waals surface area contributed by atoms with Gasteiger partial charge in [-0.2, -0.15) is 0 Å². The highest BCUT2D eigenvalue weighted by Crippen LogP contribution is 2.25. The van der Waals surface area contributed by atoms with Crippen LogP contribution in [0.4, 0.5) is 10.5 Å². The van der Waals surface area contributed by atoms with Crippen molar-refractivity contribution in [3.05, 3.63) is 27.7 Å². The van der Waals surface area contributed by atoms with Gasteiger partial charge in [-0.1, -0.05) is 27.5 Å². The third kappa shape index (κ3) is 5.06. The number of rotatable bonds is 5. The van der Waals surface area contributed by atoms with Crippen molar-refractivity contribution in [3.63, 3.8) is 0 Å². The number of nitrogens with zero attached hydrogens (tertiary/aromatic N) is 1. The van der Waals surface area contributed by atoms with Gasteiger partial charge in [0.05, 0.1) is 10.7 Å². The Morgan fingerprint density at radius 2 is 1.75 bits per heavy atom. The summed E-state index contributed by atoms with van der Waals surface area (Å²) in [6.07, 6.45) is 0. The third-order valence-corrected chi connectivity index (χ3v) is 2.92. The Bertz CT molecular complexity index is 536. The van der Waals surface area contributed by atoms with Crippen molar-refractivity contribution in [1.82, 2.24) is 4.90 Å². The summed E-state index contributed by atoms with van der Waals surface area (Å²) in [7, 11) is 0. The summed E-state index contributed by atoms with van der Waals surface area (Å²) in [5.41, 5.74) is 0.251. The quantitative estimate of drug-likeness (QED) is 0.741. The van der Waals surface area contributed by atoms with Gasteiger partial charge in [-0.3, -0.25) is 9.59 Å². The number of benzene rings is 1. The molecule has 1 rings (SSSR count).